The molecular weight excluding hydrogens is 300 g/mol. The van der Waals surface area contributed by atoms with Crippen LogP contribution in [0.1, 0.15) is 117 Å². The van der Waals surface area contributed by atoms with Crippen LogP contribution in [0.3, 0.4) is 0 Å². The standard InChI is InChI=1S/C20H40O2Si/c1-3-5-6-7-8-9-10-11-12-13-14-15-16-17-18-20(21)22-23-19-4-2/h3-19H2,1-2H3. The van der Waals surface area contributed by atoms with Gasteiger partial charge in [0.05, 0.1) is 0 Å². The highest BCUT2D eigenvalue weighted by Crippen LogP contribution is 2.13. The van der Waals surface area contributed by atoms with E-state index in [0.717, 1.165) is 18.9 Å². The lowest BCUT2D eigenvalue weighted by Gasteiger charge is -2.04. The number of carbonyl (C=O) groups is 1. The van der Waals surface area contributed by atoms with E-state index >= 15 is 0 Å². The van der Waals surface area contributed by atoms with Gasteiger partial charge >= 0.3 is 9.76 Å². The van der Waals surface area contributed by atoms with Crippen LogP contribution in [0.15, 0.2) is 0 Å². The molecule has 0 unspecified atom stereocenters. The van der Waals surface area contributed by atoms with Crippen molar-refractivity contribution in [3.05, 3.63) is 0 Å². The van der Waals surface area contributed by atoms with Gasteiger partial charge in [0.15, 0.2) is 0 Å². The number of hydrogen-bond acceptors (Lipinski definition) is 2. The molecule has 3 heteroatoms. The normalized spacial score (nSPS) is 10.9. The molecule has 0 saturated heterocycles. The Balaban J connectivity index is 3.06. The average molecular weight is 341 g/mol. The van der Waals surface area contributed by atoms with E-state index in [9.17, 15) is 4.79 Å². The van der Waals surface area contributed by atoms with Gasteiger partial charge in [-0.3, -0.25) is 4.79 Å². The summed E-state index contributed by atoms with van der Waals surface area (Å²) < 4.78 is 5.18. The summed E-state index contributed by atoms with van der Waals surface area (Å²) in [5.41, 5.74) is 0. The summed E-state index contributed by atoms with van der Waals surface area (Å²) in [5, 5.41) is 0. The fourth-order valence-corrected chi connectivity index (χ4v) is 3.32. The van der Waals surface area contributed by atoms with Crippen molar-refractivity contribution in [1.29, 1.82) is 0 Å². The Hall–Kier alpha value is -0.313. The molecule has 0 aromatic heterocycles. The van der Waals surface area contributed by atoms with Gasteiger partial charge in [-0.05, 0) is 12.5 Å². The highest BCUT2D eigenvalue weighted by molar-refractivity contribution is 6.30. The van der Waals surface area contributed by atoms with Crippen LogP contribution in [0, 0.1) is 0 Å². The monoisotopic (exact) mass is 340 g/mol. The third-order valence-corrected chi connectivity index (χ3v) is 5.35. The maximum absolute atomic E-state index is 11.4. The van der Waals surface area contributed by atoms with Crippen LogP contribution in [-0.2, 0) is 9.22 Å². The zero-order chi connectivity index (χ0) is 17.0. The lowest BCUT2D eigenvalue weighted by atomic mass is 10.0. The van der Waals surface area contributed by atoms with Crippen molar-refractivity contribution in [3.8, 4) is 0 Å². The summed E-state index contributed by atoms with van der Waals surface area (Å²) >= 11 is 0. The molecular formula is C20H40O2Si. The van der Waals surface area contributed by atoms with Gasteiger partial charge in [0.25, 0.3) is 5.97 Å². The molecule has 0 spiro atoms. The zero-order valence-electron chi connectivity index (χ0n) is 15.8. The molecule has 2 nitrogen and oxygen atoms in total. The summed E-state index contributed by atoms with van der Waals surface area (Å²) in [5.74, 6) is 0.00993. The minimum Gasteiger partial charge on any atom is -0.516 e. The smallest absolute Gasteiger partial charge is 0.314 e. The summed E-state index contributed by atoms with van der Waals surface area (Å²) in [6.45, 7) is 4.40. The van der Waals surface area contributed by atoms with Gasteiger partial charge in [0.2, 0.25) is 0 Å². The fourth-order valence-electron chi connectivity index (χ4n) is 2.75. The first-order valence-corrected chi connectivity index (χ1v) is 11.3. The number of carbonyl (C=O) groups excluding carboxylic acids is 1. The Morgan fingerprint density at radius 1 is 0.652 bits per heavy atom. The molecule has 136 valence electrons. The van der Waals surface area contributed by atoms with Gasteiger partial charge in [-0.1, -0.05) is 104 Å². The number of rotatable bonds is 18. The highest BCUT2D eigenvalue weighted by atomic mass is 28.2. The number of unbranched alkanes of at least 4 members (excludes halogenated alkanes) is 13. The maximum atomic E-state index is 11.4. The highest BCUT2D eigenvalue weighted by Gasteiger charge is 2.02. The second-order valence-corrected chi connectivity index (χ2v) is 7.71. The first kappa shape index (κ1) is 22.7. The largest absolute Gasteiger partial charge is 0.516 e. The van der Waals surface area contributed by atoms with Crippen LogP contribution in [0.25, 0.3) is 0 Å². The van der Waals surface area contributed by atoms with Crippen molar-refractivity contribution < 1.29 is 9.22 Å². The summed E-state index contributed by atoms with van der Waals surface area (Å²) in [7, 11) is 0.374. The van der Waals surface area contributed by atoms with Crippen molar-refractivity contribution in [2.75, 3.05) is 0 Å². The van der Waals surface area contributed by atoms with Crippen molar-refractivity contribution >= 4 is 15.7 Å². The van der Waals surface area contributed by atoms with Gasteiger partial charge in [0.1, 0.15) is 0 Å². The Labute approximate surface area is 148 Å². The van der Waals surface area contributed by atoms with Gasteiger partial charge in [-0.2, -0.15) is 0 Å². The van der Waals surface area contributed by atoms with Crippen molar-refractivity contribution in [3.63, 3.8) is 0 Å². The Morgan fingerprint density at radius 2 is 1.09 bits per heavy atom. The van der Waals surface area contributed by atoms with E-state index in [1.807, 2.05) is 0 Å². The lowest BCUT2D eigenvalue weighted by molar-refractivity contribution is -0.134. The van der Waals surface area contributed by atoms with Gasteiger partial charge in [-0.15, -0.1) is 0 Å². The fraction of sp³-hybridized carbons (Fsp3) is 0.950. The molecule has 23 heavy (non-hydrogen) atoms. The van der Waals surface area contributed by atoms with Crippen LogP contribution in [0.4, 0.5) is 0 Å². The molecule has 0 rings (SSSR count). The van der Waals surface area contributed by atoms with Gasteiger partial charge < -0.3 is 4.43 Å². The molecule has 0 aliphatic carbocycles. The van der Waals surface area contributed by atoms with Crippen molar-refractivity contribution in [2.24, 2.45) is 0 Å². The predicted molar refractivity (Wildman–Crippen MR) is 102 cm³/mol. The zero-order valence-corrected chi connectivity index (χ0v) is 16.8. The molecule has 0 N–H and O–H groups in total. The third-order valence-electron chi connectivity index (χ3n) is 4.27. The SMILES string of the molecule is CCCCCCCCCCCCCCCCC(=O)O[Si]CCC. The molecule has 2 radical (unpaired) electrons. The molecule has 0 bridgehead atoms. The first-order chi connectivity index (χ1) is 11.3. The van der Waals surface area contributed by atoms with Crippen LogP contribution in [-0.4, -0.2) is 15.7 Å². The Morgan fingerprint density at radius 3 is 1.52 bits per heavy atom. The van der Waals surface area contributed by atoms with Crippen molar-refractivity contribution in [2.45, 2.75) is 123 Å². The van der Waals surface area contributed by atoms with E-state index in [2.05, 4.69) is 13.8 Å². The average Bonchev–Trinajstić information content (AvgIpc) is 2.55. The number of hydrogen-bond donors (Lipinski definition) is 0. The second kappa shape index (κ2) is 19.7. The lowest BCUT2D eigenvalue weighted by Crippen LogP contribution is -2.07. The Bertz CT molecular complexity index is 244. The molecule has 0 heterocycles. The first-order valence-electron chi connectivity index (χ1n) is 10.2. The molecule has 0 aliphatic heterocycles. The predicted octanol–water partition coefficient (Wildman–Crippen LogP) is 6.85. The van der Waals surface area contributed by atoms with Gasteiger partial charge in [0, 0.05) is 6.42 Å². The van der Waals surface area contributed by atoms with E-state index in [0.29, 0.717) is 16.2 Å². The topological polar surface area (TPSA) is 26.3 Å². The van der Waals surface area contributed by atoms with Crippen LogP contribution < -0.4 is 0 Å². The van der Waals surface area contributed by atoms with Crippen LogP contribution in [0.2, 0.25) is 6.04 Å². The van der Waals surface area contributed by atoms with Crippen LogP contribution >= 0.6 is 0 Å². The molecule has 0 aromatic carbocycles. The third kappa shape index (κ3) is 19.6. The second-order valence-electron chi connectivity index (χ2n) is 6.71. The minimum atomic E-state index is 0.00993. The molecule has 0 aromatic rings. The molecule has 0 amide bonds. The molecule has 0 atom stereocenters. The van der Waals surface area contributed by atoms with Crippen molar-refractivity contribution in [1.82, 2.24) is 0 Å². The summed E-state index contributed by atoms with van der Waals surface area (Å²) in [6.07, 6.45) is 20.7. The van der Waals surface area contributed by atoms with E-state index < -0.39 is 0 Å². The van der Waals surface area contributed by atoms with Crippen LogP contribution in [0.5, 0.6) is 0 Å². The molecule has 0 fully saturated rings. The molecule has 0 saturated carbocycles. The van der Waals surface area contributed by atoms with E-state index in [-0.39, 0.29) is 5.97 Å². The summed E-state index contributed by atoms with van der Waals surface area (Å²) in [6, 6.07) is 1.02. The quantitative estimate of drug-likeness (QED) is 0.201. The summed E-state index contributed by atoms with van der Waals surface area (Å²) in [4.78, 5) is 11.4. The Kier molecular flexibility index (Phi) is 19.5. The maximum Gasteiger partial charge on any atom is 0.314 e. The van der Waals surface area contributed by atoms with Gasteiger partial charge in [-0.25, -0.2) is 0 Å². The minimum absolute atomic E-state index is 0.00993. The van der Waals surface area contributed by atoms with E-state index in [1.165, 1.54) is 83.5 Å². The molecule has 0 aliphatic rings. The van der Waals surface area contributed by atoms with E-state index in [4.69, 9.17) is 4.43 Å². The van der Waals surface area contributed by atoms with E-state index in [1.54, 1.807) is 0 Å².